The third-order valence-corrected chi connectivity index (χ3v) is 4.08. The van der Waals surface area contributed by atoms with Crippen LogP contribution in [0, 0.1) is 10.1 Å². The van der Waals surface area contributed by atoms with Gasteiger partial charge in [0.05, 0.1) is 15.6 Å². The number of nitro benzene ring substituents is 1. The lowest BCUT2D eigenvalue weighted by molar-refractivity contribution is -0.384. The number of para-hydroxylation sites is 1. The average molecular weight is 409 g/mol. The van der Waals surface area contributed by atoms with Gasteiger partial charge in [-0.15, -0.1) is 0 Å². The van der Waals surface area contributed by atoms with Crippen LogP contribution in [0.4, 0.5) is 11.4 Å². The molecule has 0 bridgehead atoms. The largest absolute Gasteiger partial charge is 0.369 e. The lowest BCUT2D eigenvalue weighted by Gasteiger charge is -2.05. The number of tetrazole rings is 1. The van der Waals surface area contributed by atoms with Crippen molar-refractivity contribution in [3.8, 4) is 5.69 Å². The second-order valence-electron chi connectivity index (χ2n) is 5.25. The first-order chi connectivity index (χ1) is 12.9. The standard InChI is InChI=1S/C15H10Cl2N6O4/c16-10-3-1-2-4-12(10)22-15(25)21(19-20-22)8-14(24)18-9-5-6-11(17)13(7-9)23(26)27/h1-7H,8H2,(H,18,24). The number of hydrogen-bond acceptors (Lipinski definition) is 6. The molecule has 1 N–H and O–H groups in total. The van der Waals surface area contributed by atoms with E-state index in [0.29, 0.717) is 10.7 Å². The van der Waals surface area contributed by atoms with Crippen molar-refractivity contribution in [1.82, 2.24) is 19.8 Å². The van der Waals surface area contributed by atoms with Gasteiger partial charge in [-0.25, -0.2) is 4.79 Å². The molecule has 1 amide bonds. The zero-order valence-corrected chi connectivity index (χ0v) is 14.9. The number of halogens is 2. The summed E-state index contributed by atoms with van der Waals surface area (Å²) >= 11 is 11.7. The second kappa shape index (κ2) is 7.56. The number of nitrogens with zero attached hydrogens (tertiary/aromatic N) is 5. The molecule has 138 valence electrons. The van der Waals surface area contributed by atoms with Gasteiger partial charge in [-0.1, -0.05) is 35.3 Å². The van der Waals surface area contributed by atoms with Crippen LogP contribution in [0.5, 0.6) is 0 Å². The Balaban J connectivity index is 1.78. The minimum absolute atomic E-state index is 0.0584. The van der Waals surface area contributed by atoms with Crippen LogP contribution >= 0.6 is 23.2 Å². The summed E-state index contributed by atoms with van der Waals surface area (Å²) in [5.74, 6) is -0.625. The number of nitro groups is 1. The van der Waals surface area contributed by atoms with Crippen molar-refractivity contribution in [2.75, 3.05) is 5.32 Å². The third-order valence-electron chi connectivity index (χ3n) is 3.44. The highest BCUT2D eigenvalue weighted by molar-refractivity contribution is 6.33. The van der Waals surface area contributed by atoms with Gasteiger partial charge in [0.15, 0.2) is 0 Å². The first-order valence-electron chi connectivity index (χ1n) is 7.38. The maximum Gasteiger partial charge on any atom is 0.369 e. The summed E-state index contributed by atoms with van der Waals surface area (Å²) in [5.41, 5.74) is -0.538. The smallest absolute Gasteiger partial charge is 0.324 e. The van der Waals surface area contributed by atoms with Crippen LogP contribution in [-0.2, 0) is 11.3 Å². The maximum absolute atomic E-state index is 12.4. The molecule has 0 aliphatic heterocycles. The quantitative estimate of drug-likeness (QED) is 0.509. The molecule has 2 aromatic carbocycles. The van der Waals surface area contributed by atoms with Crippen molar-refractivity contribution in [2.24, 2.45) is 0 Å². The summed E-state index contributed by atoms with van der Waals surface area (Å²) in [6.45, 7) is -0.445. The summed E-state index contributed by atoms with van der Waals surface area (Å²) in [7, 11) is 0. The summed E-state index contributed by atoms with van der Waals surface area (Å²) < 4.78 is 1.80. The van der Waals surface area contributed by atoms with E-state index in [1.807, 2.05) is 0 Å². The Morgan fingerprint density at radius 1 is 1.15 bits per heavy atom. The van der Waals surface area contributed by atoms with Crippen molar-refractivity contribution >= 4 is 40.5 Å². The minimum Gasteiger partial charge on any atom is -0.324 e. The predicted octanol–water partition coefficient (Wildman–Crippen LogP) is 2.28. The van der Waals surface area contributed by atoms with Crippen LogP contribution in [0.3, 0.4) is 0 Å². The van der Waals surface area contributed by atoms with E-state index >= 15 is 0 Å². The zero-order chi connectivity index (χ0) is 19.6. The van der Waals surface area contributed by atoms with Gasteiger partial charge in [-0.2, -0.15) is 9.36 Å². The maximum atomic E-state index is 12.4. The van der Waals surface area contributed by atoms with Gasteiger partial charge in [0, 0.05) is 11.8 Å². The Labute approximate surface area is 161 Å². The highest BCUT2D eigenvalue weighted by atomic mass is 35.5. The number of benzene rings is 2. The van der Waals surface area contributed by atoms with Gasteiger partial charge in [0.1, 0.15) is 11.6 Å². The molecule has 27 heavy (non-hydrogen) atoms. The van der Waals surface area contributed by atoms with Gasteiger partial charge in [-0.05, 0) is 34.7 Å². The summed E-state index contributed by atoms with van der Waals surface area (Å²) in [6.07, 6.45) is 0. The molecular weight excluding hydrogens is 399 g/mol. The topological polar surface area (TPSA) is 125 Å². The molecule has 0 spiro atoms. The lowest BCUT2D eigenvalue weighted by atomic mass is 10.3. The van der Waals surface area contributed by atoms with Crippen LogP contribution in [0.15, 0.2) is 47.3 Å². The highest BCUT2D eigenvalue weighted by Crippen LogP contribution is 2.27. The number of aromatic nitrogens is 4. The van der Waals surface area contributed by atoms with E-state index in [0.717, 1.165) is 15.4 Å². The molecule has 0 unspecified atom stereocenters. The molecule has 12 heteroatoms. The fraction of sp³-hybridized carbons (Fsp3) is 0.0667. The third kappa shape index (κ3) is 3.96. The van der Waals surface area contributed by atoms with Crippen molar-refractivity contribution < 1.29 is 9.72 Å². The number of amides is 1. The monoisotopic (exact) mass is 408 g/mol. The van der Waals surface area contributed by atoms with Crippen molar-refractivity contribution in [2.45, 2.75) is 6.54 Å². The summed E-state index contributed by atoms with van der Waals surface area (Å²) in [4.78, 5) is 34.7. The molecule has 10 nitrogen and oxygen atoms in total. The molecule has 1 heterocycles. The number of nitrogens with one attached hydrogen (secondary N) is 1. The Bertz CT molecular complexity index is 1090. The lowest BCUT2D eigenvalue weighted by Crippen LogP contribution is -2.29. The van der Waals surface area contributed by atoms with E-state index in [9.17, 15) is 19.7 Å². The van der Waals surface area contributed by atoms with Gasteiger partial charge < -0.3 is 5.32 Å². The summed E-state index contributed by atoms with van der Waals surface area (Å²) in [5, 5.41) is 20.9. The molecule has 0 saturated heterocycles. The normalized spacial score (nSPS) is 10.6. The van der Waals surface area contributed by atoms with Crippen LogP contribution in [0.2, 0.25) is 10.0 Å². The number of hydrogen-bond donors (Lipinski definition) is 1. The van der Waals surface area contributed by atoms with Crippen LogP contribution in [0.1, 0.15) is 0 Å². The van der Waals surface area contributed by atoms with E-state index in [1.54, 1.807) is 24.3 Å². The van der Waals surface area contributed by atoms with E-state index < -0.39 is 23.1 Å². The zero-order valence-electron chi connectivity index (χ0n) is 13.4. The Kier molecular flexibility index (Phi) is 5.19. The van der Waals surface area contributed by atoms with Gasteiger partial charge in [-0.3, -0.25) is 14.9 Å². The first kappa shape index (κ1) is 18.5. The minimum atomic E-state index is -0.669. The molecule has 0 aliphatic rings. The second-order valence-corrected chi connectivity index (χ2v) is 6.07. The summed E-state index contributed by atoms with van der Waals surface area (Å²) in [6, 6.07) is 10.3. The predicted molar refractivity (Wildman–Crippen MR) is 97.4 cm³/mol. The van der Waals surface area contributed by atoms with E-state index in [-0.39, 0.29) is 16.4 Å². The molecule has 0 aliphatic carbocycles. The molecule has 3 rings (SSSR count). The molecule has 0 saturated carbocycles. The average Bonchev–Trinajstić information content (AvgIpc) is 2.97. The van der Waals surface area contributed by atoms with Gasteiger partial charge in [0.25, 0.3) is 5.69 Å². The molecule has 1 aromatic heterocycles. The Morgan fingerprint density at radius 2 is 1.89 bits per heavy atom. The Morgan fingerprint density at radius 3 is 2.59 bits per heavy atom. The molecule has 0 atom stereocenters. The van der Waals surface area contributed by atoms with Crippen molar-refractivity contribution in [3.05, 3.63) is 73.1 Å². The van der Waals surface area contributed by atoms with Crippen molar-refractivity contribution in [1.29, 1.82) is 0 Å². The Hall–Kier alpha value is -3.24. The van der Waals surface area contributed by atoms with Gasteiger partial charge >= 0.3 is 5.69 Å². The molecule has 0 radical (unpaired) electrons. The molecular formula is C15H10Cl2N6O4. The first-order valence-corrected chi connectivity index (χ1v) is 8.14. The number of anilines is 1. The number of carbonyl (C=O) groups excluding carboxylic acids is 1. The van der Waals surface area contributed by atoms with Crippen LogP contribution < -0.4 is 11.0 Å². The number of rotatable bonds is 5. The SMILES string of the molecule is O=C(Cn1nnn(-c2ccccc2Cl)c1=O)Nc1ccc(Cl)c([N+](=O)[O-])c1. The fourth-order valence-electron chi connectivity index (χ4n) is 2.21. The fourth-order valence-corrected chi connectivity index (χ4v) is 2.62. The van der Waals surface area contributed by atoms with E-state index in [4.69, 9.17) is 23.2 Å². The van der Waals surface area contributed by atoms with E-state index in [2.05, 4.69) is 15.7 Å². The van der Waals surface area contributed by atoms with Crippen LogP contribution in [0.25, 0.3) is 5.69 Å². The molecule has 0 fully saturated rings. The van der Waals surface area contributed by atoms with Crippen molar-refractivity contribution in [3.63, 3.8) is 0 Å². The van der Waals surface area contributed by atoms with Crippen LogP contribution in [-0.4, -0.2) is 30.6 Å². The van der Waals surface area contributed by atoms with E-state index in [1.165, 1.54) is 12.1 Å². The highest BCUT2D eigenvalue weighted by Gasteiger charge is 2.16. The van der Waals surface area contributed by atoms with Gasteiger partial charge in [0.2, 0.25) is 5.91 Å². The number of carbonyl (C=O) groups is 1. The molecule has 3 aromatic rings.